The number of anilines is 1. The molecule has 0 saturated carbocycles. The summed E-state index contributed by atoms with van der Waals surface area (Å²) in [6, 6.07) is 7.69. The van der Waals surface area contributed by atoms with Gasteiger partial charge in [0.25, 0.3) is 0 Å². The zero-order chi connectivity index (χ0) is 13.0. The molecule has 4 heteroatoms. The highest BCUT2D eigenvalue weighted by Gasteiger charge is 2.27. The number of rotatable bonds is 4. The molecular weight excluding hydrogens is 228 g/mol. The van der Waals surface area contributed by atoms with Crippen LogP contribution < -0.4 is 5.73 Å². The van der Waals surface area contributed by atoms with Crippen molar-refractivity contribution in [1.29, 1.82) is 0 Å². The van der Waals surface area contributed by atoms with Gasteiger partial charge in [0, 0.05) is 25.4 Å². The number of carbonyl (C=O) groups is 1. The predicted molar refractivity (Wildman–Crippen MR) is 70.9 cm³/mol. The van der Waals surface area contributed by atoms with Crippen molar-refractivity contribution in [2.24, 2.45) is 5.92 Å². The van der Waals surface area contributed by atoms with Crippen LogP contribution in [0.25, 0.3) is 0 Å². The van der Waals surface area contributed by atoms with Crippen molar-refractivity contribution in [3.63, 3.8) is 0 Å². The standard InChI is InChI=1S/C14H20N2O2/c1-2-16(14(17)12-7-8-18-10-12)9-11-5-3-4-6-13(11)15/h3-6,12H,2,7-10,15H2,1H3. The summed E-state index contributed by atoms with van der Waals surface area (Å²) in [5, 5.41) is 0. The van der Waals surface area contributed by atoms with E-state index in [1.165, 1.54) is 0 Å². The van der Waals surface area contributed by atoms with E-state index in [9.17, 15) is 4.79 Å². The van der Waals surface area contributed by atoms with E-state index in [0.717, 1.165) is 17.7 Å². The lowest BCUT2D eigenvalue weighted by atomic mass is 10.1. The van der Waals surface area contributed by atoms with E-state index in [1.807, 2.05) is 36.1 Å². The second-order valence-corrected chi connectivity index (χ2v) is 4.61. The van der Waals surface area contributed by atoms with Gasteiger partial charge in [-0.1, -0.05) is 18.2 Å². The Morgan fingerprint density at radius 2 is 2.28 bits per heavy atom. The summed E-state index contributed by atoms with van der Waals surface area (Å²) in [5.74, 6) is 0.202. The zero-order valence-corrected chi connectivity index (χ0v) is 10.8. The second-order valence-electron chi connectivity index (χ2n) is 4.61. The minimum Gasteiger partial charge on any atom is -0.398 e. The largest absolute Gasteiger partial charge is 0.398 e. The van der Waals surface area contributed by atoms with Crippen molar-refractivity contribution < 1.29 is 9.53 Å². The zero-order valence-electron chi connectivity index (χ0n) is 10.8. The molecule has 0 aliphatic carbocycles. The fraction of sp³-hybridized carbons (Fsp3) is 0.500. The van der Waals surface area contributed by atoms with Crippen molar-refractivity contribution in [2.75, 3.05) is 25.5 Å². The molecule has 4 nitrogen and oxygen atoms in total. The van der Waals surface area contributed by atoms with Crippen LogP contribution in [0.1, 0.15) is 18.9 Å². The Kier molecular flexibility index (Phi) is 4.20. The summed E-state index contributed by atoms with van der Waals surface area (Å²) < 4.78 is 5.27. The first kappa shape index (κ1) is 12.9. The van der Waals surface area contributed by atoms with Crippen LogP contribution >= 0.6 is 0 Å². The van der Waals surface area contributed by atoms with Gasteiger partial charge in [0.05, 0.1) is 12.5 Å². The minimum absolute atomic E-state index is 0.0230. The molecule has 18 heavy (non-hydrogen) atoms. The molecule has 1 amide bonds. The van der Waals surface area contributed by atoms with Gasteiger partial charge in [-0.3, -0.25) is 4.79 Å². The molecule has 1 unspecified atom stereocenters. The maximum absolute atomic E-state index is 12.3. The first-order chi connectivity index (χ1) is 8.72. The monoisotopic (exact) mass is 248 g/mol. The van der Waals surface area contributed by atoms with Gasteiger partial charge in [-0.2, -0.15) is 0 Å². The van der Waals surface area contributed by atoms with E-state index >= 15 is 0 Å². The Bertz CT molecular complexity index is 414. The van der Waals surface area contributed by atoms with Gasteiger partial charge in [0.15, 0.2) is 0 Å². The summed E-state index contributed by atoms with van der Waals surface area (Å²) >= 11 is 0. The van der Waals surface area contributed by atoms with Crippen molar-refractivity contribution in [1.82, 2.24) is 4.90 Å². The number of carbonyl (C=O) groups excluding carboxylic acids is 1. The molecule has 1 aliphatic rings. The van der Waals surface area contributed by atoms with Gasteiger partial charge >= 0.3 is 0 Å². The van der Waals surface area contributed by atoms with Crippen molar-refractivity contribution in [3.05, 3.63) is 29.8 Å². The molecule has 1 saturated heterocycles. The van der Waals surface area contributed by atoms with E-state index in [0.29, 0.717) is 26.3 Å². The fourth-order valence-corrected chi connectivity index (χ4v) is 2.22. The van der Waals surface area contributed by atoms with Gasteiger partial charge in [-0.15, -0.1) is 0 Å². The molecular formula is C14H20N2O2. The number of para-hydroxylation sites is 1. The van der Waals surface area contributed by atoms with Crippen LogP contribution in [0.3, 0.4) is 0 Å². The molecule has 1 aromatic rings. The molecule has 1 fully saturated rings. The Labute approximate surface area is 108 Å². The average Bonchev–Trinajstić information content (AvgIpc) is 2.91. The van der Waals surface area contributed by atoms with Gasteiger partial charge in [0.2, 0.25) is 5.91 Å². The normalized spacial score (nSPS) is 18.8. The van der Waals surface area contributed by atoms with Crippen LogP contribution in [0.4, 0.5) is 5.69 Å². The van der Waals surface area contributed by atoms with Crippen molar-refractivity contribution >= 4 is 11.6 Å². The predicted octanol–water partition coefficient (Wildman–Crippen LogP) is 1.65. The third-order valence-electron chi connectivity index (χ3n) is 3.39. The molecule has 1 aromatic carbocycles. The summed E-state index contributed by atoms with van der Waals surface area (Å²) in [5.41, 5.74) is 7.66. The van der Waals surface area contributed by atoms with Crippen molar-refractivity contribution in [2.45, 2.75) is 19.9 Å². The van der Waals surface area contributed by atoms with Crippen LogP contribution in [0.2, 0.25) is 0 Å². The van der Waals surface area contributed by atoms with Crippen LogP contribution in [0.5, 0.6) is 0 Å². The maximum Gasteiger partial charge on any atom is 0.228 e. The summed E-state index contributed by atoms with van der Waals surface area (Å²) in [4.78, 5) is 14.1. The molecule has 1 aliphatic heterocycles. The van der Waals surface area contributed by atoms with Crippen LogP contribution in [-0.4, -0.2) is 30.6 Å². The lowest BCUT2D eigenvalue weighted by molar-refractivity contribution is -0.135. The highest BCUT2D eigenvalue weighted by atomic mass is 16.5. The Morgan fingerprint density at radius 3 is 2.89 bits per heavy atom. The number of ether oxygens (including phenoxy) is 1. The van der Waals surface area contributed by atoms with Gasteiger partial charge in [-0.05, 0) is 25.0 Å². The molecule has 0 aromatic heterocycles. The van der Waals surface area contributed by atoms with E-state index in [2.05, 4.69) is 0 Å². The third-order valence-corrected chi connectivity index (χ3v) is 3.39. The molecule has 0 bridgehead atoms. The van der Waals surface area contributed by atoms with Gasteiger partial charge < -0.3 is 15.4 Å². The van der Waals surface area contributed by atoms with Gasteiger partial charge in [-0.25, -0.2) is 0 Å². The third kappa shape index (κ3) is 2.82. The van der Waals surface area contributed by atoms with E-state index in [4.69, 9.17) is 10.5 Å². The molecule has 0 spiro atoms. The first-order valence-electron chi connectivity index (χ1n) is 6.42. The highest BCUT2D eigenvalue weighted by molar-refractivity contribution is 5.79. The van der Waals surface area contributed by atoms with E-state index < -0.39 is 0 Å². The molecule has 98 valence electrons. The lowest BCUT2D eigenvalue weighted by Crippen LogP contribution is -2.36. The molecule has 2 N–H and O–H groups in total. The average molecular weight is 248 g/mol. The number of hydrogen-bond donors (Lipinski definition) is 1. The topological polar surface area (TPSA) is 55.6 Å². The van der Waals surface area contributed by atoms with Crippen LogP contribution in [-0.2, 0) is 16.1 Å². The summed E-state index contributed by atoms with van der Waals surface area (Å²) in [6.45, 7) is 4.52. The number of benzene rings is 1. The number of nitrogen functional groups attached to an aromatic ring is 1. The number of nitrogens with two attached hydrogens (primary N) is 1. The van der Waals surface area contributed by atoms with Gasteiger partial charge in [0.1, 0.15) is 0 Å². The van der Waals surface area contributed by atoms with Crippen molar-refractivity contribution in [3.8, 4) is 0 Å². The quantitative estimate of drug-likeness (QED) is 0.824. The summed E-state index contributed by atoms with van der Waals surface area (Å²) in [6.07, 6.45) is 0.833. The number of nitrogens with zero attached hydrogens (tertiary/aromatic N) is 1. The van der Waals surface area contributed by atoms with E-state index in [-0.39, 0.29) is 11.8 Å². The fourth-order valence-electron chi connectivity index (χ4n) is 2.22. The lowest BCUT2D eigenvalue weighted by Gasteiger charge is -2.24. The maximum atomic E-state index is 12.3. The molecule has 0 radical (unpaired) electrons. The highest BCUT2D eigenvalue weighted by Crippen LogP contribution is 2.19. The SMILES string of the molecule is CCN(Cc1ccccc1N)C(=O)C1CCOC1. The smallest absolute Gasteiger partial charge is 0.228 e. The number of amides is 1. The summed E-state index contributed by atoms with van der Waals surface area (Å²) in [7, 11) is 0. The van der Waals surface area contributed by atoms with Crippen LogP contribution in [0, 0.1) is 5.92 Å². The Balaban J connectivity index is 2.05. The number of hydrogen-bond acceptors (Lipinski definition) is 3. The minimum atomic E-state index is 0.0230. The Hall–Kier alpha value is -1.55. The molecule has 1 atom stereocenters. The Morgan fingerprint density at radius 1 is 1.50 bits per heavy atom. The molecule has 1 heterocycles. The first-order valence-corrected chi connectivity index (χ1v) is 6.42. The molecule has 2 rings (SSSR count). The van der Waals surface area contributed by atoms with Crippen LogP contribution in [0.15, 0.2) is 24.3 Å². The second kappa shape index (κ2) is 5.87. The van der Waals surface area contributed by atoms with E-state index in [1.54, 1.807) is 0 Å².